The Bertz CT molecular complexity index is 640. The maximum Gasteiger partial charge on any atom is 0.358 e. The molecule has 6 nitrogen and oxygen atoms in total. The summed E-state index contributed by atoms with van der Waals surface area (Å²) in [6.07, 6.45) is 1.58. The minimum Gasteiger partial charge on any atom is -0.496 e. The van der Waals surface area contributed by atoms with Gasteiger partial charge in [0.25, 0.3) is 0 Å². The molecule has 0 atom stereocenters. The molecular formula is C13H14ClN3O3. The van der Waals surface area contributed by atoms with E-state index < -0.39 is 5.97 Å². The van der Waals surface area contributed by atoms with Gasteiger partial charge in [0.15, 0.2) is 5.69 Å². The van der Waals surface area contributed by atoms with Crippen LogP contribution in [-0.4, -0.2) is 34.5 Å². The normalized spacial score (nSPS) is 10.4. The quantitative estimate of drug-likeness (QED) is 0.640. The number of esters is 1. The number of carbonyl (C=O) groups is 1. The number of methoxy groups -OCH3 is 1. The number of aryl methyl sites for hydroxylation is 1. The molecule has 0 aromatic carbocycles. The zero-order valence-electron chi connectivity index (χ0n) is 11.4. The van der Waals surface area contributed by atoms with Crippen molar-refractivity contribution in [1.29, 1.82) is 0 Å². The Kier molecular flexibility index (Phi) is 4.24. The SMILES string of the molecule is CCOC(=O)c1cc(-c2cnc(Cl)cc2OC)n(C)n1. The van der Waals surface area contributed by atoms with Crippen LogP contribution in [0.1, 0.15) is 17.4 Å². The number of ether oxygens (including phenoxy) is 2. The van der Waals surface area contributed by atoms with Gasteiger partial charge in [0.1, 0.15) is 10.9 Å². The van der Waals surface area contributed by atoms with Crippen molar-refractivity contribution in [2.45, 2.75) is 6.92 Å². The zero-order chi connectivity index (χ0) is 14.7. The number of aromatic nitrogens is 3. The summed E-state index contributed by atoms with van der Waals surface area (Å²) in [7, 11) is 3.27. The van der Waals surface area contributed by atoms with Gasteiger partial charge in [0.05, 0.1) is 25.0 Å². The van der Waals surface area contributed by atoms with E-state index in [9.17, 15) is 4.79 Å². The molecule has 106 valence electrons. The number of hydrogen-bond acceptors (Lipinski definition) is 5. The van der Waals surface area contributed by atoms with E-state index in [0.29, 0.717) is 28.8 Å². The molecule has 0 saturated carbocycles. The summed E-state index contributed by atoms with van der Waals surface area (Å²) >= 11 is 5.83. The Labute approximate surface area is 121 Å². The van der Waals surface area contributed by atoms with Crippen LogP contribution in [0.4, 0.5) is 0 Å². The van der Waals surface area contributed by atoms with Crippen molar-refractivity contribution in [3.05, 3.63) is 29.2 Å². The molecule has 7 heteroatoms. The van der Waals surface area contributed by atoms with Gasteiger partial charge in [-0.25, -0.2) is 9.78 Å². The third-order valence-electron chi connectivity index (χ3n) is 2.69. The van der Waals surface area contributed by atoms with Crippen LogP contribution in [0.25, 0.3) is 11.3 Å². The molecule has 2 heterocycles. The van der Waals surface area contributed by atoms with Crippen LogP contribution in [0.3, 0.4) is 0 Å². The van der Waals surface area contributed by atoms with Gasteiger partial charge < -0.3 is 9.47 Å². The molecule has 0 radical (unpaired) electrons. The smallest absolute Gasteiger partial charge is 0.358 e. The van der Waals surface area contributed by atoms with E-state index >= 15 is 0 Å². The lowest BCUT2D eigenvalue weighted by atomic mass is 10.2. The monoisotopic (exact) mass is 295 g/mol. The molecule has 0 aliphatic rings. The molecule has 0 unspecified atom stereocenters. The highest BCUT2D eigenvalue weighted by molar-refractivity contribution is 6.29. The number of rotatable bonds is 4. The number of hydrogen-bond donors (Lipinski definition) is 0. The highest BCUT2D eigenvalue weighted by Crippen LogP contribution is 2.31. The van der Waals surface area contributed by atoms with Crippen molar-refractivity contribution < 1.29 is 14.3 Å². The minimum absolute atomic E-state index is 0.237. The van der Waals surface area contributed by atoms with Crippen molar-refractivity contribution in [2.24, 2.45) is 7.05 Å². The average molecular weight is 296 g/mol. The van der Waals surface area contributed by atoms with Crippen molar-refractivity contribution in [3.8, 4) is 17.0 Å². The molecule has 2 rings (SSSR count). The van der Waals surface area contributed by atoms with E-state index in [1.165, 1.54) is 7.11 Å². The Balaban J connectivity index is 2.46. The lowest BCUT2D eigenvalue weighted by Gasteiger charge is -2.07. The van der Waals surface area contributed by atoms with E-state index in [1.807, 2.05) is 0 Å². The summed E-state index contributed by atoms with van der Waals surface area (Å²) in [5.41, 5.74) is 1.62. The summed E-state index contributed by atoms with van der Waals surface area (Å²) < 4.78 is 11.8. The number of pyridine rings is 1. The Morgan fingerprint density at radius 2 is 2.20 bits per heavy atom. The van der Waals surface area contributed by atoms with Crippen LogP contribution >= 0.6 is 11.6 Å². The second-order valence-corrected chi connectivity index (χ2v) is 4.35. The van der Waals surface area contributed by atoms with Crippen molar-refractivity contribution in [1.82, 2.24) is 14.8 Å². The first-order valence-corrected chi connectivity index (χ1v) is 6.35. The fourth-order valence-corrected chi connectivity index (χ4v) is 1.95. The number of nitrogens with zero attached hydrogens (tertiary/aromatic N) is 3. The zero-order valence-corrected chi connectivity index (χ0v) is 12.1. The predicted molar refractivity (Wildman–Crippen MR) is 74.0 cm³/mol. The maximum atomic E-state index is 11.7. The third-order valence-corrected chi connectivity index (χ3v) is 2.90. The van der Waals surface area contributed by atoms with Gasteiger partial charge in [-0.2, -0.15) is 5.10 Å². The second kappa shape index (κ2) is 5.92. The van der Waals surface area contributed by atoms with Crippen LogP contribution in [0.2, 0.25) is 5.15 Å². The molecule has 0 aliphatic heterocycles. The van der Waals surface area contributed by atoms with Crippen molar-refractivity contribution >= 4 is 17.6 Å². The van der Waals surface area contributed by atoms with Crippen LogP contribution in [0.15, 0.2) is 18.3 Å². The summed E-state index contributed by atoms with van der Waals surface area (Å²) in [4.78, 5) is 15.7. The van der Waals surface area contributed by atoms with Gasteiger partial charge in [-0.15, -0.1) is 0 Å². The number of carbonyl (C=O) groups excluding carboxylic acids is 1. The predicted octanol–water partition coefficient (Wildman–Crippen LogP) is 2.32. The van der Waals surface area contributed by atoms with Gasteiger partial charge >= 0.3 is 5.97 Å². The van der Waals surface area contributed by atoms with Gasteiger partial charge in [0.2, 0.25) is 0 Å². The van der Waals surface area contributed by atoms with Gasteiger partial charge in [-0.1, -0.05) is 11.6 Å². The summed E-state index contributed by atoms with van der Waals surface area (Å²) in [5, 5.41) is 4.46. The molecule has 0 spiro atoms. The van der Waals surface area contributed by atoms with Crippen LogP contribution in [-0.2, 0) is 11.8 Å². The van der Waals surface area contributed by atoms with Crippen LogP contribution < -0.4 is 4.74 Å². The molecule has 2 aromatic heterocycles. The van der Waals surface area contributed by atoms with Crippen molar-refractivity contribution in [2.75, 3.05) is 13.7 Å². The van der Waals surface area contributed by atoms with Gasteiger partial charge in [-0.3, -0.25) is 4.68 Å². The summed E-state index contributed by atoms with van der Waals surface area (Å²) in [5.74, 6) is 0.0960. The van der Waals surface area contributed by atoms with E-state index in [-0.39, 0.29) is 5.69 Å². The van der Waals surface area contributed by atoms with E-state index in [4.69, 9.17) is 21.1 Å². The van der Waals surface area contributed by atoms with Crippen LogP contribution in [0.5, 0.6) is 5.75 Å². The highest BCUT2D eigenvalue weighted by Gasteiger charge is 2.17. The van der Waals surface area contributed by atoms with Crippen LogP contribution in [0, 0.1) is 0 Å². The highest BCUT2D eigenvalue weighted by atomic mass is 35.5. The molecule has 0 bridgehead atoms. The standard InChI is InChI=1S/C13H14ClN3O3/c1-4-20-13(18)9-5-10(17(2)16-9)8-7-15-12(14)6-11(8)19-3/h5-7H,4H2,1-3H3. The molecule has 0 N–H and O–H groups in total. The maximum absolute atomic E-state index is 11.7. The Morgan fingerprint density at radius 1 is 1.45 bits per heavy atom. The lowest BCUT2D eigenvalue weighted by molar-refractivity contribution is 0.0518. The first-order valence-electron chi connectivity index (χ1n) is 5.97. The van der Waals surface area contributed by atoms with Gasteiger partial charge in [0, 0.05) is 19.3 Å². The topological polar surface area (TPSA) is 66.2 Å². The summed E-state index contributed by atoms with van der Waals surface area (Å²) in [6, 6.07) is 3.24. The van der Waals surface area contributed by atoms with E-state index in [1.54, 1.807) is 37.0 Å². The fourth-order valence-electron chi connectivity index (χ4n) is 1.80. The lowest BCUT2D eigenvalue weighted by Crippen LogP contribution is -2.06. The fraction of sp³-hybridized carbons (Fsp3) is 0.308. The molecule has 2 aromatic rings. The molecule has 0 amide bonds. The second-order valence-electron chi connectivity index (χ2n) is 3.97. The average Bonchev–Trinajstić information content (AvgIpc) is 2.81. The number of halogens is 1. The van der Waals surface area contributed by atoms with E-state index in [0.717, 1.165) is 0 Å². The van der Waals surface area contributed by atoms with E-state index in [2.05, 4.69) is 10.1 Å². The molecule has 20 heavy (non-hydrogen) atoms. The Hall–Kier alpha value is -2.08. The first kappa shape index (κ1) is 14.3. The minimum atomic E-state index is -0.463. The first-order chi connectivity index (χ1) is 9.56. The molecule has 0 saturated heterocycles. The summed E-state index contributed by atoms with van der Waals surface area (Å²) in [6.45, 7) is 2.05. The Morgan fingerprint density at radius 3 is 2.85 bits per heavy atom. The molecule has 0 aliphatic carbocycles. The van der Waals surface area contributed by atoms with Gasteiger partial charge in [-0.05, 0) is 13.0 Å². The van der Waals surface area contributed by atoms with Crippen molar-refractivity contribution in [3.63, 3.8) is 0 Å². The molecule has 0 fully saturated rings. The largest absolute Gasteiger partial charge is 0.496 e. The third kappa shape index (κ3) is 2.75. The molecular weight excluding hydrogens is 282 g/mol.